The third kappa shape index (κ3) is 0.984. The number of fused-ring (bicyclic) bond motifs is 1. The van der Waals surface area contributed by atoms with Crippen molar-refractivity contribution in [2.45, 2.75) is 6.92 Å². The molecule has 0 N–H and O–H groups in total. The molecule has 0 radical (unpaired) electrons. The number of hydrogen-bond acceptors (Lipinski definition) is 1. The fourth-order valence-electron chi connectivity index (χ4n) is 1.28. The first-order chi connectivity index (χ1) is 5.38. The molecule has 0 saturated heterocycles. The summed E-state index contributed by atoms with van der Waals surface area (Å²) in [7, 11) is 0. The van der Waals surface area contributed by atoms with Crippen LogP contribution in [0.4, 0.5) is 0 Å². The molecule has 0 bridgehead atoms. The van der Waals surface area contributed by atoms with E-state index in [-0.39, 0.29) is 0 Å². The van der Waals surface area contributed by atoms with Crippen LogP contribution in [0.2, 0.25) is 0 Å². The van der Waals surface area contributed by atoms with Gasteiger partial charge < -0.3 is 0 Å². The first-order valence-electron chi connectivity index (χ1n) is 3.67. The topological polar surface area (TPSA) is 12.9 Å². The van der Waals surface area contributed by atoms with E-state index in [1.807, 2.05) is 18.5 Å². The van der Waals surface area contributed by atoms with Gasteiger partial charge in [0.25, 0.3) is 0 Å². The second-order valence-electron chi connectivity index (χ2n) is 2.67. The Labute approximate surface area is 65.7 Å². The van der Waals surface area contributed by atoms with Gasteiger partial charge in [-0.15, -0.1) is 0 Å². The van der Waals surface area contributed by atoms with E-state index in [4.69, 9.17) is 0 Å². The minimum Gasteiger partial charge on any atom is -0.264 e. The minimum absolute atomic E-state index is 1.22. The summed E-state index contributed by atoms with van der Waals surface area (Å²) in [5, 5.41) is 2.51. The lowest BCUT2D eigenvalue weighted by Crippen LogP contribution is -1.77. The fraction of sp³-hybridized carbons (Fsp3) is 0.100. The van der Waals surface area contributed by atoms with Crippen molar-refractivity contribution in [1.82, 2.24) is 4.98 Å². The molecule has 0 fully saturated rings. The van der Waals surface area contributed by atoms with Crippen LogP contribution in [0, 0.1) is 6.92 Å². The Kier molecular flexibility index (Phi) is 1.35. The van der Waals surface area contributed by atoms with Crippen LogP contribution in [0.5, 0.6) is 0 Å². The summed E-state index contributed by atoms with van der Waals surface area (Å²) in [4.78, 5) is 4.05. The molecule has 1 heterocycles. The molecule has 0 atom stereocenters. The summed E-state index contributed by atoms with van der Waals surface area (Å²) < 4.78 is 0. The molecule has 0 aliphatic rings. The maximum Gasteiger partial charge on any atom is 0.0346 e. The molecule has 1 heteroatoms. The zero-order chi connectivity index (χ0) is 7.68. The minimum atomic E-state index is 1.22. The molecule has 0 unspecified atom stereocenters. The lowest BCUT2D eigenvalue weighted by atomic mass is 10.1. The second-order valence-corrected chi connectivity index (χ2v) is 2.67. The molecule has 2 rings (SSSR count). The van der Waals surface area contributed by atoms with Gasteiger partial charge in [0.2, 0.25) is 0 Å². The van der Waals surface area contributed by atoms with Crippen molar-refractivity contribution in [3.8, 4) is 0 Å². The largest absolute Gasteiger partial charge is 0.264 e. The van der Waals surface area contributed by atoms with E-state index >= 15 is 0 Å². The van der Waals surface area contributed by atoms with Gasteiger partial charge >= 0.3 is 0 Å². The Hall–Kier alpha value is -1.37. The van der Waals surface area contributed by atoms with Crippen molar-refractivity contribution in [3.05, 3.63) is 42.2 Å². The SMILES string of the molecule is Cc1cccc2cnccc12. The van der Waals surface area contributed by atoms with Gasteiger partial charge in [0, 0.05) is 17.8 Å². The van der Waals surface area contributed by atoms with Crippen LogP contribution in [-0.4, -0.2) is 4.98 Å². The van der Waals surface area contributed by atoms with Crippen LogP contribution in [0.1, 0.15) is 5.56 Å². The van der Waals surface area contributed by atoms with Crippen molar-refractivity contribution in [2.75, 3.05) is 0 Å². The first-order valence-corrected chi connectivity index (χ1v) is 3.67. The fourth-order valence-corrected chi connectivity index (χ4v) is 1.28. The average Bonchev–Trinajstić information content (AvgIpc) is 2.06. The molecule has 0 amide bonds. The van der Waals surface area contributed by atoms with Crippen LogP contribution < -0.4 is 0 Å². The number of benzene rings is 1. The van der Waals surface area contributed by atoms with Crippen LogP contribution in [0.3, 0.4) is 0 Å². The lowest BCUT2D eigenvalue weighted by Gasteiger charge is -1.98. The standard InChI is InChI=1S/C10H9N/c1-8-3-2-4-9-7-11-6-5-10(8)9/h2-7H,1H3. The normalized spacial score (nSPS) is 10.3. The number of hydrogen-bond donors (Lipinski definition) is 0. The van der Waals surface area contributed by atoms with Crippen LogP contribution in [-0.2, 0) is 0 Å². The van der Waals surface area contributed by atoms with E-state index in [0.29, 0.717) is 0 Å². The molecule has 2 aromatic rings. The van der Waals surface area contributed by atoms with Gasteiger partial charge in [-0.25, -0.2) is 0 Å². The van der Waals surface area contributed by atoms with Crippen LogP contribution >= 0.6 is 0 Å². The van der Waals surface area contributed by atoms with Crippen molar-refractivity contribution in [3.63, 3.8) is 0 Å². The number of rotatable bonds is 0. The summed E-state index contributed by atoms with van der Waals surface area (Å²) in [6, 6.07) is 8.29. The van der Waals surface area contributed by atoms with E-state index in [1.54, 1.807) is 0 Å². The molecule has 0 spiro atoms. The maximum atomic E-state index is 4.05. The van der Waals surface area contributed by atoms with Gasteiger partial charge in [0.1, 0.15) is 0 Å². The molecular weight excluding hydrogens is 134 g/mol. The lowest BCUT2D eigenvalue weighted by molar-refractivity contribution is 1.36. The third-order valence-electron chi connectivity index (χ3n) is 1.90. The first kappa shape index (κ1) is 6.35. The highest BCUT2D eigenvalue weighted by Gasteiger charge is 1.92. The van der Waals surface area contributed by atoms with Crippen LogP contribution in [0.15, 0.2) is 36.7 Å². The number of nitrogens with zero attached hydrogens (tertiary/aromatic N) is 1. The van der Waals surface area contributed by atoms with Crippen molar-refractivity contribution >= 4 is 10.8 Å². The van der Waals surface area contributed by atoms with E-state index in [0.717, 1.165) is 0 Å². The predicted octanol–water partition coefficient (Wildman–Crippen LogP) is 2.54. The van der Waals surface area contributed by atoms with Crippen LogP contribution in [0.25, 0.3) is 10.8 Å². The molecule has 54 valence electrons. The highest BCUT2D eigenvalue weighted by Crippen LogP contribution is 2.15. The second kappa shape index (κ2) is 2.35. The number of aryl methyl sites for hydroxylation is 1. The number of pyridine rings is 1. The molecule has 0 aliphatic carbocycles. The highest BCUT2D eigenvalue weighted by molar-refractivity contribution is 5.84. The van der Waals surface area contributed by atoms with Gasteiger partial charge in [-0.3, -0.25) is 4.98 Å². The van der Waals surface area contributed by atoms with Gasteiger partial charge in [0.05, 0.1) is 0 Å². The maximum absolute atomic E-state index is 4.05. The van der Waals surface area contributed by atoms with Gasteiger partial charge in [0.15, 0.2) is 0 Å². The van der Waals surface area contributed by atoms with Gasteiger partial charge in [-0.2, -0.15) is 0 Å². The summed E-state index contributed by atoms with van der Waals surface area (Å²) >= 11 is 0. The van der Waals surface area contributed by atoms with Gasteiger partial charge in [-0.05, 0) is 23.9 Å². The zero-order valence-corrected chi connectivity index (χ0v) is 6.41. The number of aromatic nitrogens is 1. The molecular formula is C10H9N. The summed E-state index contributed by atoms with van der Waals surface area (Å²) in [6.07, 6.45) is 3.72. The van der Waals surface area contributed by atoms with Crippen molar-refractivity contribution < 1.29 is 0 Å². The van der Waals surface area contributed by atoms with E-state index in [9.17, 15) is 0 Å². The van der Waals surface area contributed by atoms with Crippen molar-refractivity contribution in [1.29, 1.82) is 0 Å². The predicted molar refractivity (Wildman–Crippen MR) is 46.5 cm³/mol. The summed E-state index contributed by atoms with van der Waals surface area (Å²) in [5.74, 6) is 0. The summed E-state index contributed by atoms with van der Waals surface area (Å²) in [6.45, 7) is 2.11. The third-order valence-corrected chi connectivity index (χ3v) is 1.90. The Bertz CT molecular complexity index is 374. The Morgan fingerprint density at radius 2 is 2.09 bits per heavy atom. The van der Waals surface area contributed by atoms with E-state index in [1.165, 1.54) is 16.3 Å². The Morgan fingerprint density at radius 3 is 2.91 bits per heavy atom. The molecule has 0 aliphatic heterocycles. The molecule has 1 aromatic carbocycles. The van der Waals surface area contributed by atoms with E-state index in [2.05, 4.69) is 30.1 Å². The molecule has 11 heavy (non-hydrogen) atoms. The Morgan fingerprint density at radius 1 is 1.18 bits per heavy atom. The monoisotopic (exact) mass is 143 g/mol. The quantitative estimate of drug-likeness (QED) is 0.552. The van der Waals surface area contributed by atoms with E-state index < -0.39 is 0 Å². The average molecular weight is 143 g/mol. The zero-order valence-electron chi connectivity index (χ0n) is 6.41. The van der Waals surface area contributed by atoms with Gasteiger partial charge in [-0.1, -0.05) is 18.2 Å². The molecule has 1 nitrogen and oxygen atoms in total. The molecule has 1 aromatic heterocycles. The summed E-state index contributed by atoms with van der Waals surface area (Å²) in [5.41, 5.74) is 1.31. The Balaban J connectivity index is 2.91. The smallest absolute Gasteiger partial charge is 0.0346 e. The highest BCUT2D eigenvalue weighted by atomic mass is 14.6. The van der Waals surface area contributed by atoms with Crippen molar-refractivity contribution in [2.24, 2.45) is 0 Å². The molecule has 0 saturated carbocycles.